The average molecular weight is 268 g/mol. The van der Waals surface area contributed by atoms with Crippen LogP contribution in [-0.2, 0) is 0 Å². The molecule has 0 aromatic carbocycles. The lowest BCUT2D eigenvalue weighted by atomic mass is 10.1. The van der Waals surface area contributed by atoms with Gasteiger partial charge in [0, 0.05) is 24.9 Å². The van der Waals surface area contributed by atoms with Crippen LogP contribution in [-0.4, -0.2) is 48.4 Å². The second-order valence-electron chi connectivity index (χ2n) is 4.88. The molecule has 100 valence electrons. The van der Waals surface area contributed by atoms with E-state index in [4.69, 9.17) is 0 Å². The standard InChI is InChI=1S/C11H19F3N2S/c12-11(13,14)17-6-4-15-7-9-3-5-16(8-9)10-1-2-10/h9-10,15H,1-8H2. The molecule has 1 N–H and O–H groups in total. The number of alkyl halides is 3. The number of thioether (sulfide) groups is 1. The third kappa shape index (κ3) is 5.06. The van der Waals surface area contributed by atoms with E-state index in [1.807, 2.05) is 0 Å². The Morgan fingerprint density at radius 1 is 1.24 bits per heavy atom. The van der Waals surface area contributed by atoms with Gasteiger partial charge in [0.25, 0.3) is 0 Å². The van der Waals surface area contributed by atoms with Crippen LogP contribution in [0.1, 0.15) is 19.3 Å². The lowest BCUT2D eigenvalue weighted by Crippen LogP contribution is -2.29. The maximum absolute atomic E-state index is 11.9. The van der Waals surface area contributed by atoms with E-state index in [9.17, 15) is 13.2 Å². The van der Waals surface area contributed by atoms with Crippen molar-refractivity contribution in [2.75, 3.05) is 31.9 Å². The maximum atomic E-state index is 11.9. The molecule has 0 aromatic heterocycles. The van der Waals surface area contributed by atoms with Crippen LogP contribution >= 0.6 is 11.8 Å². The van der Waals surface area contributed by atoms with Crippen LogP contribution in [0, 0.1) is 5.92 Å². The van der Waals surface area contributed by atoms with Gasteiger partial charge in [0.1, 0.15) is 0 Å². The molecule has 2 fully saturated rings. The van der Waals surface area contributed by atoms with Gasteiger partial charge in [-0.25, -0.2) is 0 Å². The molecule has 2 rings (SSSR count). The summed E-state index contributed by atoms with van der Waals surface area (Å²) in [6.45, 7) is 3.62. The third-order valence-corrected chi connectivity index (χ3v) is 4.09. The van der Waals surface area contributed by atoms with Crippen LogP contribution in [0.4, 0.5) is 13.2 Å². The Labute approximate surface area is 104 Å². The molecule has 1 heterocycles. The monoisotopic (exact) mass is 268 g/mol. The Balaban J connectivity index is 1.48. The number of hydrogen-bond donors (Lipinski definition) is 1. The number of nitrogens with one attached hydrogen (secondary N) is 1. The summed E-state index contributed by atoms with van der Waals surface area (Å²) in [5.41, 5.74) is -4.09. The number of hydrogen-bond acceptors (Lipinski definition) is 3. The van der Waals surface area contributed by atoms with Crippen LogP contribution < -0.4 is 5.32 Å². The third-order valence-electron chi connectivity index (χ3n) is 3.36. The summed E-state index contributed by atoms with van der Waals surface area (Å²) >= 11 is 0.0586. The van der Waals surface area contributed by atoms with Gasteiger partial charge in [-0.1, -0.05) is 0 Å². The predicted octanol–water partition coefficient (Wildman–Crippen LogP) is 2.31. The summed E-state index contributed by atoms with van der Waals surface area (Å²) in [5.74, 6) is 0.745. The summed E-state index contributed by atoms with van der Waals surface area (Å²) in [6, 6.07) is 0.820. The summed E-state index contributed by atoms with van der Waals surface area (Å²) in [4.78, 5) is 2.52. The first-order valence-electron chi connectivity index (χ1n) is 6.20. The molecule has 6 heteroatoms. The van der Waals surface area contributed by atoms with Gasteiger partial charge in [-0.15, -0.1) is 0 Å². The van der Waals surface area contributed by atoms with Crippen molar-refractivity contribution in [3.05, 3.63) is 0 Å². The van der Waals surface area contributed by atoms with Gasteiger partial charge in [0.2, 0.25) is 0 Å². The van der Waals surface area contributed by atoms with E-state index in [0.29, 0.717) is 12.5 Å². The van der Waals surface area contributed by atoms with E-state index in [1.165, 1.54) is 25.8 Å². The van der Waals surface area contributed by atoms with Crippen LogP contribution in [0.25, 0.3) is 0 Å². The van der Waals surface area contributed by atoms with Crippen LogP contribution in [0.15, 0.2) is 0 Å². The van der Waals surface area contributed by atoms with Gasteiger partial charge in [-0.05, 0) is 50.0 Å². The largest absolute Gasteiger partial charge is 0.441 e. The summed E-state index contributed by atoms with van der Waals surface area (Å²) in [6.07, 6.45) is 3.86. The number of nitrogens with zero attached hydrogens (tertiary/aromatic N) is 1. The smallest absolute Gasteiger partial charge is 0.316 e. The first-order chi connectivity index (χ1) is 8.04. The van der Waals surface area contributed by atoms with Crippen LogP contribution in [0.2, 0.25) is 0 Å². The van der Waals surface area contributed by atoms with E-state index in [0.717, 1.165) is 19.1 Å². The molecule has 0 spiro atoms. The van der Waals surface area contributed by atoms with Crippen molar-refractivity contribution in [1.82, 2.24) is 10.2 Å². The maximum Gasteiger partial charge on any atom is 0.441 e. The molecule has 0 bridgehead atoms. The predicted molar refractivity (Wildman–Crippen MR) is 64.1 cm³/mol. The Kier molecular flexibility index (Phi) is 4.60. The lowest BCUT2D eigenvalue weighted by Gasteiger charge is -2.15. The molecule has 1 aliphatic heterocycles. The van der Waals surface area contributed by atoms with E-state index in [1.54, 1.807) is 0 Å². The molecule has 2 nitrogen and oxygen atoms in total. The lowest BCUT2D eigenvalue weighted by molar-refractivity contribution is -0.0327. The second kappa shape index (κ2) is 5.80. The van der Waals surface area contributed by atoms with Crippen molar-refractivity contribution >= 4 is 11.8 Å². The zero-order valence-corrected chi connectivity index (χ0v) is 10.6. The highest BCUT2D eigenvalue weighted by Gasteiger charge is 2.34. The van der Waals surface area contributed by atoms with Crippen LogP contribution in [0.3, 0.4) is 0 Å². The normalized spacial score (nSPS) is 26.6. The number of likely N-dealkylation sites (tertiary alicyclic amines) is 1. The minimum Gasteiger partial charge on any atom is -0.316 e. The molecular formula is C11H19F3N2S. The number of halogens is 3. The molecule has 0 radical (unpaired) electrons. The molecule has 1 saturated carbocycles. The Hall–Kier alpha value is 0.0600. The summed E-state index contributed by atoms with van der Waals surface area (Å²) in [5, 5.41) is 3.13. The van der Waals surface area contributed by atoms with Gasteiger partial charge < -0.3 is 10.2 Å². The molecule has 0 amide bonds. The van der Waals surface area contributed by atoms with Crippen molar-refractivity contribution in [2.24, 2.45) is 5.92 Å². The van der Waals surface area contributed by atoms with Gasteiger partial charge in [-0.3, -0.25) is 0 Å². The fourth-order valence-electron chi connectivity index (χ4n) is 2.35. The number of rotatable bonds is 6. The SMILES string of the molecule is FC(F)(F)SCCNCC1CCN(C2CC2)C1. The highest BCUT2D eigenvalue weighted by molar-refractivity contribution is 8.00. The second-order valence-corrected chi connectivity index (χ2v) is 6.04. The van der Waals surface area contributed by atoms with Crippen LogP contribution in [0.5, 0.6) is 0 Å². The molecule has 2 aliphatic rings. The quantitative estimate of drug-likeness (QED) is 0.744. The first-order valence-corrected chi connectivity index (χ1v) is 7.18. The zero-order valence-electron chi connectivity index (χ0n) is 9.80. The fraction of sp³-hybridized carbons (Fsp3) is 1.00. The van der Waals surface area contributed by atoms with Gasteiger partial charge >= 0.3 is 5.51 Å². The van der Waals surface area contributed by atoms with Gasteiger partial charge in [-0.2, -0.15) is 13.2 Å². The molecule has 1 aliphatic carbocycles. The van der Waals surface area contributed by atoms with Gasteiger partial charge in [0.15, 0.2) is 0 Å². The molecule has 1 saturated heterocycles. The van der Waals surface area contributed by atoms with Crippen molar-refractivity contribution in [1.29, 1.82) is 0 Å². The van der Waals surface area contributed by atoms with Crippen molar-refractivity contribution < 1.29 is 13.2 Å². The summed E-state index contributed by atoms with van der Waals surface area (Å²) < 4.78 is 35.6. The minimum atomic E-state index is -4.09. The highest BCUT2D eigenvalue weighted by atomic mass is 32.2. The van der Waals surface area contributed by atoms with E-state index in [2.05, 4.69) is 10.2 Å². The summed E-state index contributed by atoms with van der Waals surface area (Å²) in [7, 11) is 0. The van der Waals surface area contributed by atoms with Gasteiger partial charge in [0.05, 0.1) is 0 Å². The minimum absolute atomic E-state index is 0.0586. The van der Waals surface area contributed by atoms with Crippen molar-refractivity contribution in [3.63, 3.8) is 0 Å². The Bertz CT molecular complexity index is 243. The Morgan fingerprint density at radius 2 is 2.00 bits per heavy atom. The average Bonchev–Trinajstić information content (AvgIpc) is 2.97. The molecule has 0 aromatic rings. The topological polar surface area (TPSA) is 15.3 Å². The molecule has 17 heavy (non-hydrogen) atoms. The van der Waals surface area contributed by atoms with Crippen molar-refractivity contribution in [2.45, 2.75) is 30.8 Å². The molecular weight excluding hydrogens is 249 g/mol. The van der Waals surface area contributed by atoms with Crippen molar-refractivity contribution in [3.8, 4) is 0 Å². The first kappa shape index (κ1) is 13.5. The molecule has 1 atom stereocenters. The highest BCUT2D eigenvalue weighted by Crippen LogP contribution is 2.31. The molecule has 1 unspecified atom stereocenters. The zero-order chi connectivity index (χ0) is 12.3. The van der Waals surface area contributed by atoms with E-state index >= 15 is 0 Å². The van der Waals surface area contributed by atoms with E-state index in [-0.39, 0.29) is 17.5 Å². The Morgan fingerprint density at radius 3 is 2.65 bits per heavy atom. The van der Waals surface area contributed by atoms with E-state index < -0.39 is 5.51 Å². The fourth-order valence-corrected chi connectivity index (χ4v) is 2.82.